The van der Waals surface area contributed by atoms with E-state index < -0.39 is 5.54 Å². The Kier molecular flexibility index (Phi) is 5.12. The van der Waals surface area contributed by atoms with Gasteiger partial charge in [-0.3, -0.25) is 9.78 Å². The summed E-state index contributed by atoms with van der Waals surface area (Å²) in [6.45, 7) is 0. The van der Waals surface area contributed by atoms with E-state index in [2.05, 4.69) is 20.4 Å². The molecule has 3 rings (SSSR count). The molecule has 0 atom stereocenters. The summed E-state index contributed by atoms with van der Waals surface area (Å²) < 4.78 is 5.18. The van der Waals surface area contributed by atoms with Crippen LogP contribution in [0.5, 0.6) is 0 Å². The van der Waals surface area contributed by atoms with Gasteiger partial charge >= 0.3 is 0 Å². The SMILES string of the molecule is CNC(=O)c1cncc(/C=C/c2nc(C3(N)CCC3)no2)c1.Cl. The Hall–Kier alpha value is -2.25. The predicted molar refractivity (Wildman–Crippen MR) is 87.8 cm³/mol. The summed E-state index contributed by atoms with van der Waals surface area (Å²) in [6.07, 6.45) is 9.46. The standard InChI is InChI=1S/C15H17N5O2.ClH/c1-17-13(21)11-7-10(8-18-9-11)3-4-12-19-14(20-22-12)15(16)5-2-6-15;/h3-4,7-9H,2,5-6,16H2,1H3,(H,17,21);1H/b4-3+;. The molecule has 3 N–H and O–H groups in total. The quantitative estimate of drug-likeness (QED) is 0.881. The molecule has 0 radical (unpaired) electrons. The third-order valence-corrected chi connectivity index (χ3v) is 3.80. The summed E-state index contributed by atoms with van der Waals surface area (Å²) in [5.41, 5.74) is 6.98. The first-order chi connectivity index (χ1) is 10.6. The van der Waals surface area contributed by atoms with Crippen molar-refractivity contribution in [2.45, 2.75) is 24.8 Å². The topological polar surface area (TPSA) is 107 Å². The fraction of sp³-hybridized carbons (Fsp3) is 0.333. The number of rotatable bonds is 4. The third kappa shape index (κ3) is 3.57. The highest BCUT2D eigenvalue weighted by Gasteiger charge is 2.38. The van der Waals surface area contributed by atoms with Crippen LogP contribution in [0.3, 0.4) is 0 Å². The van der Waals surface area contributed by atoms with Gasteiger partial charge in [0.15, 0.2) is 5.82 Å². The Morgan fingerprint density at radius 2 is 2.17 bits per heavy atom. The van der Waals surface area contributed by atoms with Gasteiger partial charge in [-0.15, -0.1) is 12.4 Å². The van der Waals surface area contributed by atoms with Crippen molar-refractivity contribution in [2.24, 2.45) is 5.73 Å². The highest BCUT2D eigenvalue weighted by Crippen LogP contribution is 2.36. The summed E-state index contributed by atoms with van der Waals surface area (Å²) in [6, 6.07) is 1.73. The van der Waals surface area contributed by atoms with Gasteiger partial charge in [0.05, 0.1) is 11.1 Å². The van der Waals surface area contributed by atoms with Crippen LogP contribution in [0.2, 0.25) is 0 Å². The molecule has 1 saturated carbocycles. The van der Waals surface area contributed by atoms with E-state index in [-0.39, 0.29) is 18.3 Å². The molecule has 2 heterocycles. The Balaban J connectivity index is 0.00000192. The molecule has 2 aromatic rings. The van der Waals surface area contributed by atoms with Gasteiger partial charge in [0.1, 0.15) is 0 Å². The zero-order valence-corrected chi connectivity index (χ0v) is 13.5. The summed E-state index contributed by atoms with van der Waals surface area (Å²) in [4.78, 5) is 19.9. The number of nitrogens with two attached hydrogens (primary N) is 1. The molecular formula is C15H18ClN5O2. The Bertz CT molecular complexity index is 724. The molecule has 0 bridgehead atoms. The first-order valence-corrected chi connectivity index (χ1v) is 7.09. The van der Waals surface area contributed by atoms with E-state index in [1.54, 1.807) is 31.5 Å². The lowest BCUT2D eigenvalue weighted by molar-refractivity contribution is 0.0962. The second-order valence-electron chi connectivity index (χ2n) is 5.39. The minimum Gasteiger partial charge on any atom is -0.355 e. The average molecular weight is 336 g/mol. The van der Waals surface area contributed by atoms with Crippen LogP contribution in [0, 0.1) is 0 Å². The van der Waals surface area contributed by atoms with E-state index in [0.29, 0.717) is 17.3 Å². The van der Waals surface area contributed by atoms with Gasteiger partial charge in [-0.2, -0.15) is 4.98 Å². The van der Waals surface area contributed by atoms with Crippen molar-refractivity contribution < 1.29 is 9.32 Å². The number of halogens is 1. The smallest absolute Gasteiger partial charge is 0.252 e. The van der Waals surface area contributed by atoms with Gasteiger partial charge in [-0.1, -0.05) is 5.16 Å². The van der Waals surface area contributed by atoms with Gasteiger partial charge in [0.25, 0.3) is 11.8 Å². The predicted octanol–water partition coefficient (Wildman–Crippen LogP) is 1.75. The number of carbonyl (C=O) groups is 1. The molecule has 0 spiro atoms. The number of nitrogens with zero attached hydrogens (tertiary/aromatic N) is 3. The van der Waals surface area contributed by atoms with Gasteiger partial charge in [0, 0.05) is 25.5 Å². The summed E-state index contributed by atoms with van der Waals surface area (Å²) >= 11 is 0. The number of nitrogens with one attached hydrogen (secondary N) is 1. The van der Waals surface area contributed by atoms with Gasteiger partial charge in [-0.25, -0.2) is 0 Å². The lowest BCUT2D eigenvalue weighted by atomic mass is 9.77. The molecule has 0 saturated heterocycles. The van der Waals surface area contributed by atoms with Crippen molar-refractivity contribution in [1.29, 1.82) is 0 Å². The van der Waals surface area contributed by atoms with Crippen LogP contribution in [0.1, 0.15) is 46.9 Å². The van der Waals surface area contributed by atoms with Gasteiger partial charge in [0.2, 0.25) is 0 Å². The first kappa shape index (κ1) is 17.1. The van der Waals surface area contributed by atoms with Gasteiger partial charge in [-0.05, 0) is 37.0 Å². The Morgan fingerprint density at radius 3 is 2.83 bits per heavy atom. The number of carbonyl (C=O) groups excluding carboxylic acids is 1. The Morgan fingerprint density at radius 1 is 1.39 bits per heavy atom. The molecule has 1 amide bonds. The molecule has 122 valence electrons. The van der Waals surface area contributed by atoms with E-state index in [4.69, 9.17) is 10.3 Å². The molecule has 0 aromatic carbocycles. The van der Waals surface area contributed by atoms with Crippen molar-refractivity contribution in [1.82, 2.24) is 20.4 Å². The minimum atomic E-state index is -0.434. The summed E-state index contributed by atoms with van der Waals surface area (Å²) in [7, 11) is 1.58. The zero-order chi connectivity index (χ0) is 15.6. The van der Waals surface area contributed by atoms with Crippen molar-refractivity contribution >= 4 is 30.5 Å². The van der Waals surface area contributed by atoms with E-state index in [1.165, 1.54) is 6.20 Å². The van der Waals surface area contributed by atoms with Crippen molar-refractivity contribution in [3.63, 3.8) is 0 Å². The van der Waals surface area contributed by atoms with Gasteiger partial charge < -0.3 is 15.6 Å². The van der Waals surface area contributed by atoms with E-state index in [0.717, 1.165) is 24.8 Å². The van der Waals surface area contributed by atoms with E-state index in [1.807, 2.05) is 0 Å². The van der Waals surface area contributed by atoms with E-state index in [9.17, 15) is 4.79 Å². The maximum atomic E-state index is 11.6. The number of pyridine rings is 1. The highest BCUT2D eigenvalue weighted by molar-refractivity contribution is 5.94. The summed E-state index contributed by atoms with van der Waals surface area (Å²) in [5, 5.41) is 6.50. The van der Waals surface area contributed by atoms with E-state index >= 15 is 0 Å². The van der Waals surface area contributed by atoms with Crippen LogP contribution >= 0.6 is 12.4 Å². The molecule has 1 aliphatic rings. The van der Waals surface area contributed by atoms with Crippen LogP contribution in [0.25, 0.3) is 12.2 Å². The summed E-state index contributed by atoms with van der Waals surface area (Å²) in [5.74, 6) is 0.755. The van der Waals surface area contributed by atoms with Crippen LogP contribution in [-0.4, -0.2) is 28.1 Å². The van der Waals surface area contributed by atoms with Crippen LogP contribution in [0.15, 0.2) is 23.0 Å². The normalized spacial score (nSPS) is 15.7. The molecule has 8 heteroatoms. The molecule has 1 fully saturated rings. The molecule has 2 aromatic heterocycles. The molecule has 1 aliphatic carbocycles. The van der Waals surface area contributed by atoms with Crippen LogP contribution in [-0.2, 0) is 5.54 Å². The van der Waals surface area contributed by atoms with Crippen LogP contribution < -0.4 is 11.1 Å². The fourth-order valence-electron chi connectivity index (χ4n) is 2.27. The molecule has 0 unspecified atom stereocenters. The monoisotopic (exact) mass is 335 g/mol. The molecular weight excluding hydrogens is 318 g/mol. The van der Waals surface area contributed by atoms with Crippen molar-refractivity contribution in [3.8, 4) is 0 Å². The lowest BCUT2D eigenvalue weighted by Gasteiger charge is -2.34. The highest BCUT2D eigenvalue weighted by atomic mass is 35.5. The van der Waals surface area contributed by atoms with Crippen LogP contribution in [0.4, 0.5) is 0 Å². The van der Waals surface area contributed by atoms with Crippen molar-refractivity contribution in [3.05, 3.63) is 41.3 Å². The number of hydrogen-bond acceptors (Lipinski definition) is 6. The third-order valence-electron chi connectivity index (χ3n) is 3.80. The second-order valence-corrected chi connectivity index (χ2v) is 5.39. The number of hydrogen-bond donors (Lipinski definition) is 2. The molecule has 23 heavy (non-hydrogen) atoms. The first-order valence-electron chi connectivity index (χ1n) is 7.09. The number of aromatic nitrogens is 3. The minimum absolute atomic E-state index is 0. The second kappa shape index (κ2) is 6.89. The largest absolute Gasteiger partial charge is 0.355 e. The fourth-order valence-corrected chi connectivity index (χ4v) is 2.27. The molecule has 7 nitrogen and oxygen atoms in total. The maximum absolute atomic E-state index is 11.6. The molecule has 0 aliphatic heterocycles. The Labute approximate surface area is 139 Å². The lowest BCUT2D eigenvalue weighted by Crippen LogP contribution is -2.44. The zero-order valence-electron chi connectivity index (χ0n) is 12.7. The average Bonchev–Trinajstić information content (AvgIpc) is 2.99. The van der Waals surface area contributed by atoms with Crippen molar-refractivity contribution in [2.75, 3.05) is 7.05 Å². The maximum Gasteiger partial charge on any atom is 0.252 e. The number of amides is 1.